The van der Waals surface area contributed by atoms with Crippen LogP contribution in [0.4, 0.5) is 0 Å². The molecule has 1 aliphatic rings. The van der Waals surface area contributed by atoms with E-state index in [2.05, 4.69) is 36.1 Å². The largest absolute Gasteiger partial charge is 0.356 e. The maximum atomic E-state index is 11.7. The smallest absolute Gasteiger partial charge is 0.221 e. The van der Waals surface area contributed by atoms with Crippen LogP contribution in [0.2, 0.25) is 0 Å². The Morgan fingerprint density at radius 2 is 2.00 bits per heavy atom. The molecule has 19 heavy (non-hydrogen) atoms. The van der Waals surface area contributed by atoms with Gasteiger partial charge < -0.3 is 15.1 Å². The summed E-state index contributed by atoms with van der Waals surface area (Å²) in [6.45, 7) is 6.26. The predicted molar refractivity (Wildman–Crippen MR) is 80.3 cm³/mol. The Morgan fingerprint density at radius 3 is 2.63 bits per heavy atom. The van der Waals surface area contributed by atoms with E-state index >= 15 is 0 Å². The van der Waals surface area contributed by atoms with Crippen molar-refractivity contribution in [1.29, 1.82) is 0 Å². The van der Waals surface area contributed by atoms with Crippen LogP contribution >= 0.6 is 0 Å². The van der Waals surface area contributed by atoms with Crippen molar-refractivity contribution < 1.29 is 4.79 Å². The summed E-state index contributed by atoms with van der Waals surface area (Å²) in [5.74, 6) is 0.205. The predicted octanol–water partition coefficient (Wildman–Crippen LogP) is 1.71. The van der Waals surface area contributed by atoms with Crippen LogP contribution in [0.15, 0.2) is 0 Å². The summed E-state index contributed by atoms with van der Waals surface area (Å²) < 4.78 is 0. The molecule has 1 rings (SSSR count). The van der Waals surface area contributed by atoms with Gasteiger partial charge in [-0.25, -0.2) is 0 Å². The third-order valence-electron chi connectivity index (χ3n) is 4.11. The Morgan fingerprint density at radius 1 is 1.32 bits per heavy atom. The normalized spacial score (nSPS) is 17.9. The van der Waals surface area contributed by atoms with Crippen LogP contribution in [-0.2, 0) is 4.79 Å². The maximum Gasteiger partial charge on any atom is 0.221 e. The van der Waals surface area contributed by atoms with Crippen molar-refractivity contribution in [3.63, 3.8) is 0 Å². The molecule has 1 saturated heterocycles. The Balaban J connectivity index is 2.08. The van der Waals surface area contributed by atoms with Gasteiger partial charge in [0.2, 0.25) is 5.91 Å². The molecule has 0 unspecified atom stereocenters. The molecule has 112 valence electrons. The van der Waals surface area contributed by atoms with Crippen LogP contribution in [0.5, 0.6) is 0 Å². The molecule has 1 aliphatic heterocycles. The van der Waals surface area contributed by atoms with E-state index in [1.165, 1.54) is 38.8 Å². The maximum absolute atomic E-state index is 11.7. The number of unbranched alkanes of at least 4 members (excludes halogenated alkanes) is 2. The fourth-order valence-corrected chi connectivity index (χ4v) is 2.59. The van der Waals surface area contributed by atoms with Crippen molar-refractivity contribution in [2.24, 2.45) is 0 Å². The number of likely N-dealkylation sites (tertiary alicyclic amines) is 1. The zero-order valence-corrected chi connectivity index (χ0v) is 13.0. The van der Waals surface area contributed by atoms with Gasteiger partial charge in [0.1, 0.15) is 0 Å². The van der Waals surface area contributed by atoms with E-state index in [4.69, 9.17) is 0 Å². The number of hydrogen-bond acceptors (Lipinski definition) is 3. The molecule has 4 nitrogen and oxygen atoms in total. The molecular formula is C15H31N3O. The average molecular weight is 269 g/mol. The molecule has 0 atom stereocenters. The number of nitrogens with zero attached hydrogens (tertiary/aromatic N) is 2. The fraction of sp³-hybridized carbons (Fsp3) is 0.933. The monoisotopic (exact) mass is 269 g/mol. The number of carbonyl (C=O) groups is 1. The summed E-state index contributed by atoms with van der Waals surface area (Å²) in [5, 5.41) is 3.01. The second-order valence-electron chi connectivity index (χ2n) is 5.82. The standard InChI is InChI=1S/C15H31N3O/c1-4-5-6-10-16-15(19)9-13-18(3)14-7-11-17(2)12-8-14/h14H,4-13H2,1-3H3,(H,16,19). The van der Waals surface area contributed by atoms with Crippen molar-refractivity contribution >= 4 is 5.91 Å². The van der Waals surface area contributed by atoms with Gasteiger partial charge in [-0.15, -0.1) is 0 Å². The third kappa shape index (κ3) is 6.92. The first-order valence-electron chi connectivity index (χ1n) is 7.79. The van der Waals surface area contributed by atoms with Crippen molar-refractivity contribution in [3.8, 4) is 0 Å². The van der Waals surface area contributed by atoms with Crippen molar-refractivity contribution in [1.82, 2.24) is 15.1 Å². The Labute approximate surface area is 118 Å². The third-order valence-corrected chi connectivity index (χ3v) is 4.11. The quantitative estimate of drug-likeness (QED) is 0.681. The molecule has 0 aliphatic carbocycles. The van der Waals surface area contributed by atoms with Crippen molar-refractivity contribution in [2.75, 3.05) is 40.3 Å². The molecule has 0 saturated carbocycles. The number of piperidine rings is 1. The van der Waals surface area contributed by atoms with E-state index in [0.717, 1.165) is 19.5 Å². The summed E-state index contributed by atoms with van der Waals surface area (Å²) in [5.41, 5.74) is 0. The summed E-state index contributed by atoms with van der Waals surface area (Å²) in [7, 11) is 4.33. The first-order valence-corrected chi connectivity index (χ1v) is 7.79. The highest BCUT2D eigenvalue weighted by Crippen LogP contribution is 2.14. The highest BCUT2D eigenvalue weighted by atomic mass is 16.1. The van der Waals surface area contributed by atoms with E-state index < -0.39 is 0 Å². The molecular weight excluding hydrogens is 238 g/mol. The molecule has 0 aromatic rings. The van der Waals surface area contributed by atoms with E-state index in [1.54, 1.807) is 0 Å². The zero-order valence-electron chi connectivity index (χ0n) is 13.0. The minimum Gasteiger partial charge on any atom is -0.356 e. The van der Waals surface area contributed by atoms with Gasteiger partial charge in [-0.2, -0.15) is 0 Å². The second-order valence-corrected chi connectivity index (χ2v) is 5.82. The van der Waals surface area contributed by atoms with Crippen LogP contribution < -0.4 is 5.32 Å². The van der Waals surface area contributed by atoms with Gasteiger partial charge in [0.15, 0.2) is 0 Å². The highest BCUT2D eigenvalue weighted by molar-refractivity contribution is 5.75. The van der Waals surface area contributed by atoms with E-state index in [0.29, 0.717) is 12.5 Å². The summed E-state index contributed by atoms with van der Waals surface area (Å²) in [4.78, 5) is 16.4. The van der Waals surface area contributed by atoms with Crippen LogP contribution in [0.3, 0.4) is 0 Å². The lowest BCUT2D eigenvalue weighted by Crippen LogP contribution is -2.43. The Kier molecular flexibility index (Phi) is 8.07. The van der Waals surface area contributed by atoms with Crippen LogP contribution in [-0.4, -0.2) is 62.0 Å². The van der Waals surface area contributed by atoms with E-state index in [1.807, 2.05) is 0 Å². The van der Waals surface area contributed by atoms with Gasteiger partial charge in [0, 0.05) is 25.6 Å². The zero-order chi connectivity index (χ0) is 14.1. The lowest BCUT2D eigenvalue weighted by Gasteiger charge is -2.35. The van der Waals surface area contributed by atoms with Gasteiger partial charge >= 0.3 is 0 Å². The van der Waals surface area contributed by atoms with Crippen LogP contribution in [0, 0.1) is 0 Å². The van der Waals surface area contributed by atoms with Gasteiger partial charge in [-0.3, -0.25) is 4.79 Å². The lowest BCUT2D eigenvalue weighted by molar-refractivity contribution is -0.121. The second kappa shape index (κ2) is 9.32. The Bertz CT molecular complexity index is 250. The van der Waals surface area contributed by atoms with E-state index in [9.17, 15) is 4.79 Å². The topological polar surface area (TPSA) is 35.6 Å². The van der Waals surface area contributed by atoms with Crippen LogP contribution in [0.25, 0.3) is 0 Å². The molecule has 4 heteroatoms. The first kappa shape index (κ1) is 16.4. The Hall–Kier alpha value is -0.610. The van der Waals surface area contributed by atoms with Gasteiger partial charge in [-0.05, 0) is 46.4 Å². The molecule has 0 bridgehead atoms. The lowest BCUT2D eigenvalue weighted by atomic mass is 10.0. The molecule has 0 spiro atoms. The number of amides is 1. The minimum atomic E-state index is 0.205. The molecule has 1 N–H and O–H groups in total. The number of hydrogen-bond donors (Lipinski definition) is 1. The molecule has 0 aromatic heterocycles. The SMILES string of the molecule is CCCCCNC(=O)CCN(C)C1CCN(C)CC1. The summed E-state index contributed by atoms with van der Waals surface area (Å²) in [6.07, 6.45) is 6.60. The molecule has 0 radical (unpaired) electrons. The van der Waals surface area contributed by atoms with Crippen molar-refractivity contribution in [2.45, 2.75) is 51.5 Å². The first-order chi connectivity index (χ1) is 9.13. The minimum absolute atomic E-state index is 0.205. The van der Waals surface area contributed by atoms with Gasteiger partial charge in [-0.1, -0.05) is 19.8 Å². The fourth-order valence-electron chi connectivity index (χ4n) is 2.59. The molecule has 0 aromatic carbocycles. The summed E-state index contributed by atoms with van der Waals surface area (Å²) in [6, 6.07) is 0.657. The number of carbonyl (C=O) groups excluding carboxylic acids is 1. The van der Waals surface area contributed by atoms with Crippen LogP contribution in [0.1, 0.15) is 45.4 Å². The highest BCUT2D eigenvalue weighted by Gasteiger charge is 2.20. The van der Waals surface area contributed by atoms with E-state index in [-0.39, 0.29) is 5.91 Å². The molecule has 1 fully saturated rings. The van der Waals surface area contributed by atoms with Gasteiger partial charge in [0.05, 0.1) is 0 Å². The molecule has 1 heterocycles. The molecule has 1 amide bonds. The van der Waals surface area contributed by atoms with Gasteiger partial charge in [0.25, 0.3) is 0 Å². The summed E-state index contributed by atoms with van der Waals surface area (Å²) >= 11 is 0. The van der Waals surface area contributed by atoms with Crippen molar-refractivity contribution in [3.05, 3.63) is 0 Å². The number of nitrogens with one attached hydrogen (secondary N) is 1. The number of rotatable bonds is 8. The average Bonchev–Trinajstić information content (AvgIpc) is 2.42.